The molecule has 4 heteroatoms. The van der Waals surface area contributed by atoms with Gasteiger partial charge in [-0.2, -0.15) is 0 Å². The number of rotatable bonds is 3. The fraction of sp³-hybridized carbons (Fsp3) is 0.917. The van der Waals surface area contributed by atoms with E-state index in [-0.39, 0.29) is 23.0 Å². The Bertz CT molecular complexity index is 268. The van der Waals surface area contributed by atoms with Gasteiger partial charge in [-0.25, -0.2) is 0 Å². The summed E-state index contributed by atoms with van der Waals surface area (Å²) in [7, 11) is -1.73. The molecule has 1 heterocycles. The molecule has 1 aliphatic heterocycles. The van der Waals surface area contributed by atoms with Gasteiger partial charge in [0.25, 0.3) is 0 Å². The normalized spacial score (nSPS) is 27.0. The lowest BCUT2D eigenvalue weighted by molar-refractivity contribution is -0.144. The SMILES string of the molecule is C[C@@H]1C[C@H](CO[Si](C)(C)C(C)(C)C)C(=O)O1. The first-order valence-corrected chi connectivity index (χ1v) is 8.89. The van der Waals surface area contributed by atoms with Gasteiger partial charge in [0.2, 0.25) is 0 Å². The molecule has 0 N–H and O–H groups in total. The number of cyclic esters (lactones) is 1. The van der Waals surface area contributed by atoms with Crippen molar-refractivity contribution in [3.05, 3.63) is 0 Å². The number of carbonyl (C=O) groups excluding carboxylic acids is 1. The fourth-order valence-electron chi connectivity index (χ4n) is 1.50. The average molecular weight is 244 g/mol. The smallest absolute Gasteiger partial charge is 0.311 e. The Morgan fingerprint density at radius 3 is 2.38 bits per heavy atom. The lowest BCUT2D eigenvalue weighted by Crippen LogP contribution is -2.42. The lowest BCUT2D eigenvalue weighted by atomic mass is 10.1. The van der Waals surface area contributed by atoms with E-state index in [1.807, 2.05) is 6.92 Å². The van der Waals surface area contributed by atoms with Crippen molar-refractivity contribution in [2.75, 3.05) is 6.61 Å². The number of hydrogen-bond acceptors (Lipinski definition) is 3. The highest BCUT2D eigenvalue weighted by molar-refractivity contribution is 6.74. The van der Waals surface area contributed by atoms with Gasteiger partial charge in [-0.3, -0.25) is 4.79 Å². The van der Waals surface area contributed by atoms with Gasteiger partial charge in [0.1, 0.15) is 0 Å². The van der Waals surface area contributed by atoms with Gasteiger partial charge in [-0.15, -0.1) is 0 Å². The van der Waals surface area contributed by atoms with Crippen LogP contribution in [0.2, 0.25) is 18.1 Å². The van der Waals surface area contributed by atoms with Crippen LogP contribution in [0.15, 0.2) is 0 Å². The molecular formula is C12H24O3Si. The van der Waals surface area contributed by atoms with E-state index in [2.05, 4.69) is 33.9 Å². The summed E-state index contributed by atoms with van der Waals surface area (Å²) in [4.78, 5) is 11.5. The number of hydrogen-bond donors (Lipinski definition) is 0. The zero-order valence-corrected chi connectivity index (χ0v) is 12.3. The molecule has 0 radical (unpaired) electrons. The summed E-state index contributed by atoms with van der Waals surface area (Å²) in [6.07, 6.45) is 0.855. The second kappa shape index (κ2) is 4.49. The van der Waals surface area contributed by atoms with Gasteiger partial charge in [0.05, 0.1) is 12.0 Å². The van der Waals surface area contributed by atoms with Crippen LogP contribution >= 0.6 is 0 Å². The van der Waals surface area contributed by atoms with Crippen LogP contribution in [0.3, 0.4) is 0 Å². The minimum atomic E-state index is -1.73. The molecule has 16 heavy (non-hydrogen) atoms. The predicted octanol–water partition coefficient (Wildman–Crippen LogP) is 2.96. The molecule has 0 aromatic heterocycles. The van der Waals surface area contributed by atoms with Crippen molar-refractivity contribution >= 4 is 14.3 Å². The van der Waals surface area contributed by atoms with E-state index in [0.29, 0.717) is 6.61 Å². The van der Waals surface area contributed by atoms with Crippen molar-refractivity contribution < 1.29 is 14.0 Å². The Hall–Kier alpha value is -0.353. The zero-order valence-electron chi connectivity index (χ0n) is 11.3. The van der Waals surface area contributed by atoms with Crippen LogP contribution in [-0.2, 0) is 14.0 Å². The molecule has 94 valence electrons. The van der Waals surface area contributed by atoms with Crippen LogP contribution in [0.1, 0.15) is 34.1 Å². The molecule has 1 rings (SSSR count). The summed E-state index contributed by atoms with van der Waals surface area (Å²) in [5, 5.41) is 0.196. The molecule has 0 saturated carbocycles. The van der Waals surface area contributed by atoms with Crippen molar-refractivity contribution in [1.29, 1.82) is 0 Å². The quantitative estimate of drug-likeness (QED) is 0.565. The maximum Gasteiger partial charge on any atom is 0.311 e. The Kier molecular flexibility index (Phi) is 3.85. The van der Waals surface area contributed by atoms with E-state index < -0.39 is 8.32 Å². The maximum atomic E-state index is 11.5. The van der Waals surface area contributed by atoms with Gasteiger partial charge in [0.15, 0.2) is 8.32 Å². The van der Waals surface area contributed by atoms with E-state index >= 15 is 0 Å². The first-order chi connectivity index (χ1) is 7.13. The third-order valence-electron chi connectivity index (χ3n) is 3.72. The highest BCUT2D eigenvalue weighted by Crippen LogP contribution is 2.37. The highest BCUT2D eigenvalue weighted by atomic mass is 28.4. The van der Waals surface area contributed by atoms with E-state index in [9.17, 15) is 4.79 Å². The molecule has 0 bridgehead atoms. The summed E-state index contributed by atoms with van der Waals surface area (Å²) in [6.45, 7) is 13.5. The molecule has 0 aliphatic carbocycles. The number of ether oxygens (including phenoxy) is 1. The third kappa shape index (κ3) is 3.07. The molecule has 0 aromatic carbocycles. The number of carbonyl (C=O) groups is 1. The Labute approximate surface area is 99.6 Å². The molecule has 2 atom stereocenters. The van der Waals surface area contributed by atoms with Crippen LogP contribution in [0.5, 0.6) is 0 Å². The summed E-state index contributed by atoms with van der Waals surface area (Å²) < 4.78 is 11.2. The van der Waals surface area contributed by atoms with Gasteiger partial charge in [-0.05, 0) is 31.5 Å². The molecule has 1 fully saturated rings. The van der Waals surface area contributed by atoms with Crippen molar-refractivity contribution in [2.24, 2.45) is 5.92 Å². The molecule has 0 amide bonds. The lowest BCUT2D eigenvalue weighted by Gasteiger charge is -2.36. The summed E-state index contributed by atoms with van der Waals surface area (Å²) >= 11 is 0. The van der Waals surface area contributed by atoms with Gasteiger partial charge in [0, 0.05) is 6.61 Å². The Balaban J connectivity index is 2.49. The van der Waals surface area contributed by atoms with Gasteiger partial charge < -0.3 is 9.16 Å². The standard InChI is InChI=1S/C12H24O3Si/c1-9-7-10(11(13)15-9)8-14-16(5,6)12(2,3)4/h9-10H,7-8H2,1-6H3/t9-,10-/m1/s1. The Morgan fingerprint density at radius 1 is 1.44 bits per heavy atom. The molecule has 1 aliphatic rings. The zero-order chi connectivity index (χ0) is 12.6. The minimum absolute atomic E-state index is 0.0517. The third-order valence-corrected chi connectivity index (χ3v) is 8.22. The molecule has 0 spiro atoms. The molecule has 0 unspecified atom stereocenters. The highest BCUT2D eigenvalue weighted by Gasteiger charge is 2.40. The van der Waals surface area contributed by atoms with E-state index in [1.54, 1.807) is 0 Å². The minimum Gasteiger partial charge on any atom is -0.462 e. The predicted molar refractivity (Wildman–Crippen MR) is 66.8 cm³/mol. The second-order valence-electron chi connectivity index (χ2n) is 6.25. The fourth-order valence-corrected chi connectivity index (χ4v) is 2.55. The summed E-state index contributed by atoms with van der Waals surface area (Å²) in [5.41, 5.74) is 0. The molecular weight excluding hydrogens is 220 g/mol. The topological polar surface area (TPSA) is 35.5 Å². The monoisotopic (exact) mass is 244 g/mol. The van der Waals surface area contributed by atoms with Crippen molar-refractivity contribution in [3.63, 3.8) is 0 Å². The van der Waals surface area contributed by atoms with Gasteiger partial charge in [-0.1, -0.05) is 20.8 Å². The molecule has 0 aromatic rings. The van der Waals surface area contributed by atoms with E-state index in [1.165, 1.54) is 0 Å². The first kappa shape index (κ1) is 13.7. The van der Waals surface area contributed by atoms with E-state index in [0.717, 1.165) is 6.42 Å². The maximum absolute atomic E-state index is 11.5. The molecule has 3 nitrogen and oxygen atoms in total. The Morgan fingerprint density at radius 2 is 2.00 bits per heavy atom. The van der Waals surface area contributed by atoms with Crippen molar-refractivity contribution in [3.8, 4) is 0 Å². The van der Waals surface area contributed by atoms with Crippen molar-refractivity contribution in [1.82, 2.24) is 0 Å². The second-order valence-corrected chi connectivity index (χ2v) is 11.1. The van der Waals surface area contributed by atoms with Crippen LogP contribution in [0.4, 0.5) is 0 Å². The van der Waals surface area contributed by atoms with E-state index in [4.69, 9.17) is 9.16 Å². The van der Waals surface area contributed by atoms with Crippen LogP contribution in [0, 0.1) is 5.92 Å². The van der Waals surface area contributed by atoms with Crippen LogP contribution < -0.4 is 0 Å². The number of esters is 1. The summed E-state index contributed by atoms with van der Waals surface area (Å²) in [6, 6.07) is 0. The largest absolute Gasteiger partial charge is 0.462 e. The van der Waals surface area contributed by atoms with Crippen LogP contribution in [0.25, 0.3) is 0 Å². The summed E-state index contributed by atoms with van der Waals surface area (Å²) in [5.74, 6) is -0.143. The van der Waals surface area contributed by atoms with Gasteiger partial charge >= 0.3 is 5.97 Å². The van der Waals surface area contributed by atoms with Crippen LogP contribution in [-0.4, -0.2) is 27.0 Å². The first-order valence-electron chi connectivity index (χ1n) is 5.98. The van der Waals surface area contributed by atoms with Crippen molar-refractivity contribution in [2.45, 2.75) is 58.4 Å². The average Bonchev–Trinajstić information content (AvgIpc) is 2.39. The molecule has 1 saturated heterocycles.